The summed E-state index contributed by atoms with van der Waals surface area (Å²) in [6.07, 6.45) is 1.25. The summed E-state index contributed by atoms with van der Waals surface area (Å²) in [6, 6.07) is 7.80. The number of halogens is 1. The first kappa shape index (κ1) is 15.7. The lowest BCUT2D eigenvalue weighted by atomic mass is 9.98. The van der Waals surface area contributed by atoms with Gasteiger partial charge in [0.25, 0.3) is 6.47 Å². The molecule has 0 saturated carbocycles. The quantitative estimate of drug-likeness (QED) is 0.545. The molecule has 0 atom stereocenters. The van der Waals surface area contributed by atoms with Crippen LogP contribution in [-0.4, -0.2) is 24.2 Å². The minimum absolute atomic E-state index is 0.346. The van der Waals surface area contributed by atoms with Crippen molar-refractivity contribution in [2.45, 2.75) is 19.8 Å². The molecule has 2 aromatic carbocycles. The van der Waals surface area contributed by atoms with E-state index in [1.807, 2.05) is 19.1 Å². The zero-order valence-electron chi connectivity index (χ0n) is 12.6. The summed E-state index contributed by atoms with van der Waals surface area (Å²) in [7, 11) is 0. The Morgan fingerprint density at radius 1 is 1.39 bits per heavy atom. The largest absolute Gasteiger partial charge is 0.478 e. The third-order valence-electron chi connectivity index (χ3n) is 4.17. The molecule has 0 unspecified atom stereocenters. The zero-order chi connectivity index (χ0) is 16.6. The van der Waals surface area contributed by atoms with Gasteiger partial charge in [-0.2, -0.15) is 0 Å². The van der Waals surface area contributed by atoms with Crippen LogP contribution >= 0.6 is 15.9 Å². The van der Waals surface area contributed by atoms with Crippen molar-refractivity contribution in [3.8, 4) is 11.1 Å². The fourth-order valence-corrected chi connectivity index (χ4v) is 3.66. The highest BCUT2D eigenvalue weighted by Crippen LogP contribution is 2.44. The van der Waals surface area contributed by atoms with Crippen molar-refractivity contribution in [1.29, 1.82) is 0 Å². The highest BCUT2D eigenvalue weighted by atomic mass is 79.9. The molecule has 5 heteroatoms. The fraction of sp³-hybridized carbons (Fsp3) is 0.222. The molecule has 1 aliphatic rings. The van der Waals surface area contributed by atoms with Gasteiger partial charge in [-0.25, -0.2) is 4.79 Å². The van der Waals surface area contributed by atoms with Crippen LogP contribution in [-0.2, 0) is 22.4 Å². The van der Waals surface area contributed by atoms with Crippen LogP contribution in [0.4, 0.5) is 0 Å². The lowest BCUT2D eigenvalue weighted by Gasteiger charge is -2.10. The maximum absolute atomic E-state index is 11.6. The topological polar surface area (TPSA) is 63.6 Å². The summed E-state index contributed by atoms with van der Waals surface area (Å²) in [5.41, 5.74) is 6.36. The number of aryl methyl sites for hydroxylation is 1. The third kappa shape index (κ3) is 2.77. The number of benzene rings is 2. The number of carboxylic acid groups (broad SMARTS) is 1. The van der Waals surface area contributed by atoms with Crippen LogP contribution < -0.4 is 0 Å². The van der Waals surface area contributed by atoms with Gasteiger partial charge in [-0.05, 0) is 63.2 Å². The van der Waals surface area contributed by atoms with E-state index in [1.165, 1.54) is 0 Å². The fourth-order valence-electron chi connectivity index (χ4n) is 3.09. The molecule has 118 valence electrons. The van der Waals surface area contributed by atoms with E-state index in [0.29, 0.717) is 31.5 Å². The van der Waals surface area contributed by atoms with Crippen LogP contribution in [0.5, 0.6) is 0 Å². The van der Waals surface area contributed by atoms with E-state index in [9.17, 15) is 14.7 Å². The van der Waals surface area contributed by atoms with E-state index in [4.69, 9.17) is 4.74 Å². The number of aromatic carboxylic acids is 1. The van der Waals surface area contributed by atoms with Gasteiger partial charge >= 0.3 is 5.97 Å². The molecular weight excluding hydrogens is 360 g/mol. The summed E-state index contributed by atoms with van der Waals surface area (Å²) >= 11 is 3.60. The van der Waals surface area contributed by atoms with E-state index in [0.717, 1.165) is 37.9 Å². The molecule has 0 amide bonds. The minimum Gasteiger partial charge on any atom is -0.478 e. The SMILES string of the molecule is Cc1cc(C(=O)O)c2c(c1Br)-c1ccc(CCOC=O)cc1C2. The van der Waals surface area contributed by atoms with Gasteiger partial charge in [0, 0.05) is 16.5 Å². The number of carboxylic acids is 1. The van der Waals surface area contributed by atoms with Crippen LogP contribution in [0.15, 0.2) is 28.7 Å². The molecule has 0 aliphatic heterocycles. The molecule has 1 N–H and O–H groups in total. The van der Waals surface area contributed by atoms with Gasteiger partial charge in [-0.15, -0.1) is 0 Å². The molecule has 0 spiro atoms. The van der Waals surface area contributed by atoms with Gasteiger partial charge in [0.05, 0.1) is 12.2 Å². The predicted octanol–water partition coefficient (Wildman–Crippen LogP) is 3.74. The summed E-state index contributed by atoms with van der Waals surface area (Å²) < 4.78 is 5.69. The predicted molar refractivity (Wildman–Crippen MR) is 89.8 cm³/mol. The molecule has 1 aliphatic carbocycles. The van der Waals surface area contributed by atoms with Gasteiger partial charge in [0.15, 0.2) is 0 Å². The maximum Gasteiger partial charge on any atom is 0.336 e. The molecule has 0 saturated heterocycles. The summed E-state index contributed by atoms with van der Waals surface area (Å²) in [6.45, 7) is 2.70. The van der Waals surface area contributed by atoms with Crippen molar-refractivity contribution < 1.29 is 19.4 Å². The number of carbonyl (C=O) groups is 2. The molecule has 0 fully saturated rings. The van der Waals surface area contributed by atoms with Crippen molar-refractivity contribution in [3.05, 3.63) is 56.6 Å². The molecule has 0 radical (unpaired) electrons. The van der Waals surface area contributed by atoms with Crippen molar-refractivity contribution >= 4 is 28.4 Å². The molecule has 23 heavy (non-hydrogen) atoms. The number of rotatable bonds is 5. The first-order valence-electron chi connectivity index (χ1n) is 7.25. The van der Waals surface area contributed by atoms with Gasteiger partial charge in [0.2, 0.25) is 0 Å². The first-order chi connectivity index (χ1) is 11.0. The van der Waals surface area contributed by atoms with E-state index in [2.05, 4.69) is 22.0 Å². The van der Waals surface area contributed by atoms with Gasteiger partial charge in [-0.3, -0.25) is 4.79 Å². The lowest BCUT2D eigenvalue weighted by Crippen LogP contribution is -2.03. The standard InChI is InChI=1S/C18H15BrO4/c1-10-6-15(18(21)22)14-8-12-7-11(4-5-23-9-20)2-3-13(12)16(14)17(10)19/h2-3,6-7,9H,4-5,8H2,1H3,(H,21,22). The summed E-state index contributed by atoms with van der Waals surface area (Å²) in [4.78, 5) is 21.8. The van der Waals surface area contributed by atoms with Crippen LogP contribution in [0, 0.1) is 6.92 Å². The zero-order valence-corrected chi connectivity index (χ0v) is 14.1. The molecule has 2 aromatic rings. The molecule has 0 aromatic heterocycles. The van der Waals surface area contributed by atoms with Crippen molar-refractivity contribution in [1.82, 2.24) is 0 Å². The Hall–Kier alpha value is -2.14. The number of hydrogen-bond acceptors (Lipinski definition) is 3. The van der Waals surface area contributed by atoms with Crippen LogP contribution in [0.2, 0.25) is 0 Å². The molecular formula is C18H15BrO4. The second-order valence-electron chi connectivity index (χ2n) is 5.60. The van der Waals surface area contributed by atoms with Gasteiger partial charge in [0.1, 0.15) is 0 Å². The van der Waals surface area contributed by atoms with Crippen LogP contribution in [0.25, 0.3) is 11.1 Å². The Morgan fingerprint density at radius 3 is 2.87 bits per heavy atom. The third-order valence-corrected chi connectivity index (χ3v) is 5.19. The molecule has 0 heterocycles. The summed E-state index contributed by atoms with van der Waals surface area (Å²) in [5, 5.41) is 9.48. The smallest absolute Gasteiger partial charge is 0.336 e. The molecule has 0 bridgehead atoms. The monoisotopic (exact) mass is 374 g/mol. The Balaban J connectivity index is 2.05. The van der Waals surface area contributed by atoms with Crippen molar-refractivity contribution in [2.24, 2.45) is 0 Å². The van der Waals surface area contributed by atoms with E-state index >= 15 is 0 Å². The van der Waals surface area contributed by atoms with Crippen LogP contribution in [0.1, 0.15) is 32.6 Å². The maximum atomic E-state index is 11.6. The Bertz CT molecular complexity index is 811. The summed E-state index contributed by atoms with van der Waals surface area (Å²) in [5.74, 6) is -0.899. The van der Waals surface area contributed by atoms with Gasteiger partial charge < -0.3 is 9.84 Å². The molecule has 3 rings (SSSR count). The van der Waals surface area contributed by atoms with Crippen molar-refractivity contribution in [3.63, 3.8) is 0 Å². The second kappa shape index (κ2) is 6.16. The van der Waals surface area contributed by atoms with Crippen LogP contribution in [0.3, 0.4) is 0 Å². The second-order valence-corrected chi connectivity index (χ2v) is 6.39. The number of ether oxygens (including phenoxy) is 1. The molecule has 4 nitrogen and oxygen atoms in total. The normalized spacial score (nSPS) is 11.7. The Kier molecular flexibility index (Phi) is 4.22. The van der Waals surface area contributed by atoms with E-state index in [1.54, 1.807) is 6.07 Å². The first-order valence-corrected chi connectivity index (χ1v) is 8.05. The van der Waals surface area contributed by atoms with Crippen molar-refractivity contribution in [2.75, 3.05) is 6.61 Å². The minimum atomic E-state index is -0.899. The average Bonchev–Trinajstić information content (AvgIpc) is 2.89. The Labute approximate surface area is 142 Å². The number of fused-ring (bicyclic) bond motifs is 3. The van der Waals surface area contributed by atoms with E-state index in [-0.39, 0.29) is 0 Å². The highest BCUT2D eigenvalue weighted by molar-refractivity contribution is 9.10. The van der Waals surface area contributed by atoms with E-state index < -0.39 is 5.97 Å². The Morgan fingerprint density at radius 2 is 2.17 bits per heavy atom. The number of hydrogen-bond donors (Lipinski definition) is 1. The number of carbonyl (C=O) groups excluding carboxylic acids is 1. The van der Waals surface area contributed by atoms with Gasteiger partial charge in [-0.1, -0.05) is 18.2 Å². The lowest BCUT2D eigenvalue weighted by molar-refractivity contribution is -0.128. The average molecular weight is 375 g/mol. The highest BCUT2D eigenvalue weighted by Gasteiger charge is 2.27.